The van der Waals surface area contributed by atoms with Gasteiger partial charge >= 0.3 is 6.03 Å². The average Bonchev–Trinajstić information content (AvgIpc) is 3.20. The van der Waals surface area contributed by atoms with Crippen LogP contribution >= 0.6 is 11.3 Å². The van der Waals surface area contributed by atoms with Crippen molar-refractivity contribution in [2.45, 2.75) is 32.9 Å². The minimum absolute atomic E-state index is 0.0194. The number of thiazole rings is 1. The van der Waals surface area contributed by atoms with Crippen molar-refractivity contribution in [3.8, 4) is 10.6 Å². The molecule has 0 spiro atoms. The number of aliphatic hydroxyl groups excluding tert-OH is 1. The lowest BCUT2D eigenvalue weighted by atomic mass is 10.0. The molecule has 0 aromatic carbocycles. The summed E-state index contributed by atoms with van der Waals surface area (Å²) in [5.74, 6) is 1.41. The van der Waals surface area contributed by atoms with Gasteiger partial charge in [-0.3, -0.25) is 15.6 Å². The monoisotopic (exact) mass is 426 g/mol. The molecule has 2 amide bonds. The first-order valence-corrected chi connectivity index (χ1v) is 10.7. The Morgan fingerprint density at radius 3 is 2.60 bits per heavy atom. The third-order valence-electron chi connectivity index (χ3n) is 4.27. The van der Waals surface area contributed by atoms with Gasteiger partial charge < -0.3 is 10.4 Å². The van der Waals surface area contributed by atoms with E-state index >= 15 is 0 Å². The fraction of sp³-hybridized carbons (Fsp3) is 0.333. The summed E-state index contributed by atoms with van der Waals surface area (Å²) in [7, 11) is 0. The number of aliphatic hydroxyl groups is 1. The van der Waals surface area contributed by atoms with Crippen molar-refractivity contribution in [2.24, 2.45) is 5.92 Å². The van der Waals surface area contributed by atoms with E-state index in [1.54, 1.807) is 23.8 Å². The zero-order valence-electron chi connectivity index (χ0n) is 17.0. The van der Waals surface area contributed by atoms with Crippen LogP contribution in [0.2, 0.25) is 0 Å². The smallest absolute Gasteiger partial charge is 0.326 e. The molecule has 9 heteroatoms. The molecule has 0 aliphatic rings. The number of anilines is 2. The number of rotatable bonds is 9. The number of hydrogen-bond acceptors (Lipinski definition) is 7. The highest BCUT2D eigenvalue weighted by molar-refractivity contribution is 7.13. The molecule has 1 atom stereocenters. The Hall–Kier alpha value is -2.88. The molecule has 0 saturated heterocycles. The van der Waals surface area contributed by atoms with Crippen LogP contribution in [0.4, 0.5) is 16.4 Å². The van der Waals surface area contributed by atoms with E-state index in [1.807, 2.05) is 24.3 Å². The number of amides is 2. The van der Waals surface area contributed by atoms with E-state index in [0.29, 0.717) is 24.1 Å². The van der Waals surface area contributed by atoms with E-state index in [0.717, 1.165) is 22.7 Å². The van der Waals surface area contributed by atoms with E-state index in [1.165, 1.54) is 11.3 Å². The summed E-state index contributed by atoms with van der Waals surface area (Å²) in [5, 5.41) is 20.8. The number of pyridine rings is 2. The summed E-state index contributed by atoms with van der Waals surface area (Å²) in [6, 6.07) is 8.79. The van der Waals surface area contributed by atoms with Crippen molar-refractivity contribution in [3.05, 3.63) is 53.8 Å². The largest absolute Gasteiger partial charge is 0.395 e. The number of carbonyl (C=O) groups excluding carboxylic acids is 1. The lowest BCUT2D eigenvalue weighted by molar-refractivity contribution is 0.223. The fourth-order valence-corrected chi connectivity index (χ4v) is 3.67. The minimum atomic E-state index is -0.410. The Labute approximate surface area is 179 Å². The SMILES string of the molecule is CC(C)C[C@@H](CO)NCc1cccc(NC(=O)Nc2csc(-c3ccncc3)n2)n1. The van der Waals surface area contributed by atoms with Gasteiger partial charge in [-0.2, -0.15) is 0 Å². The Morgan fingerprint density at radius 1 is 1.10 bits per heavy atom. The van der Waals surface area contributed by atoms with Gasteiger partial charge in [0.05, 0.1) is 12.3 Å². The highest BCUT2D eigenvalue weighted by Gasteiger charge is 2.11. The molecule has 3 aromatic rings. The lowest BCUT2D eigenvalue weighted by Gasteiger charge is -2.18. The van der Waals surface area contributed by atoms with Crippen molar-refractivity contribution in [1.29, 1.82) is 0 Å². The molecule has 4 N–H and O–H groups in total. The number of hydrogen-bond donors (Lipinski definition) is 4. The highest BCUT2D eigenvalue weighted by atomic mass is 32.1. The van der Waals surface area contributed by atoms with Gasteiger partial charge in [-0.1, -0.05) is 19.9 Å². The molecule has 8 nitrogen and oxygen atoms in total. The second-order valence-corrected chi connectivity index (χ2v) is 8.12. The maximum absolute atomic E-state index is 12.3. The van der Waals surface area contributed by atoms with Crippen molar-refractivity contribution >= 4 is 29.0 Å². The number of aromatic nitrogens is 3. The molecule has 0 saturated carbocycles. The van der Waals surface area contributed by atoms with Crippen LogP contribution in [0.3, 0.4) is 0 Å². The summed E-state index contributed by atoms with van der Waals surface area (Å²) >= 11 is 1.44. The van der Waals surface area contributed by atoms with Gasteiger partial charge in [0.2, 0.25) is 0 Å². The maximum Gasteiger partial charge on any atom is 0.326 e. The average molecular weight is 427 g/mol. The molecule has 0 radical (unpaired) electrons. The van der Waals surface area contributed by atoms with E-state index in [4.69, 9.17) is 0 Å². The van der Waals surface area contributed by atoms with Crippen molar-refractivity contribution in [1.82, 2.24) is 20.3 Å². The molecule has 0 fully saturated rings. The number of urea groups is 1. The first-order chi connectivity index (χ1) is 14.5. The van der Waals surface area contributed by atoms with Gasteiger partial charge in [0.1, 0.15) is 16.6 Å². The molecule has 3 rings (SSSR count). The molecule has 3 aromatic heterocycles. The molecule has 158 valence electrons. The predicted molar refractivity (Wildman–Crippen MR) is 119 cm³/mol. The molecular formula is C21H26N6O2S. The van der Waals surface area contributed by atoms with Crippen LogP contribution in [0.25, 0.3) is 10.6 Å². The summed E-state index contributed by atoms with van der Waals surface area (Å²) in [6.07, 6.45) is 4.29. The second kappa shape index (κ2) is 10.8. The maximum atomic E-state index is 12.3. The van der Waals surface area contributed by atoms with E-state index in [-0.39, 0.29) is 12.6 Å². The van der Waals surface area contributed by atoms with Crippen LogP contribution in [0, 0.1) is 5.92 Å². The lowest BCUT2D eigenvalue weighted by Crippen LogP contribution is -2.33. The van der Waals surface area contributed by atoms with E-state index in [2.05, 4.69) is 44.7 Å². The fourth-order valence-electron chi connectivity index (χ4n) is 2.91. The first-order valence-electron chi connectivity index (χ1n) is 9.77. The van der Waals surface area contributed by atoms with Gasteiger partial charge in [0.25, 0.3) is 0 Å². The van der Waals surface area contributed by atoms with Crippen LogP contribution in [-0.4, -0.2) is 38.7 Å². The highest BCUT2D eigenvalue weighted by Crippen LogP contribution is 2.25. The van der Waals surface area contributed by atoms with E-state index in [9.17, 15) is 9.90 Å². The molecule has 0 aliphatic heterocycles. The summed E-state index contributed by atoms with van der Waals surface area (Å²) in [4.78, 5) is 25.2. The first kappa shape index (κ1) is 21.8. The standard InChI is InChI=1S/C21H26N6O2S/c1-14(2)10-17(12-28)23-11-16-4-3-5-18(24-16)26-21(29)27-19-13-30-20(25-19)15-6-8-22-9-7-15/h3-9,13-14,17,23,28H,10-12H2,1-2H3,(H2,24,26,27,29)/t17-/m0/s1. The normalized spacial score (nSPS) is 12.0. The Kier molecular flexibility index (Phi) is 7.83. The predicted octanol–water partition coefficient (Wildman–Crippen LogP) is 3.74. The Balaban J connectivity index is 1.54. The third-order valence-corrected chi connectivity index (χ3v) is 5.16. The van der Waals surface area contributed by atoms with Crippen LogP contribution < -0.4 is 16.0 Å². The number of nitrogens with zero attached hydrogens (tertiary/aromatic N) is 3. The van der Waals surface area contributed by atoms with Crippen molar-refractivity contribution in [3.63, 3.8) is 0 Å². The molecule has 30 heavy (non-hydrogen) atoms. The number of carbonyl (C=O) groups is 1. The van der Waals surface area contributed by atoms with Gasteiger partial charge in [0, 0.05) is 35.9 Å². The summed E-state index contributed by atoms with van der Waals surface area (Å²) in [6.45, 7) is 4.83. The Bertz CT molecular complexity index is 947. The van der Waals surface area contributed by atoms with Crippen molar-refractivity contribution in [2.75, 3.05) is 17.2 Å². The van der Waals surface area contributed by atoms with Crippen molar-refractivity contribution < 1.29 is 9.90 Å². The number of nitrogens with one attached hydrogen (secondary N) is 3. The van der Waals surface area contributed by atoms with Crippen LogP contribution in [0.5, 0.6) is 0 Å². The summed E-state index contributed by atoms with van der Waals surface area (Å²) in [5.41, 5.74) is 1.73. The van der Waals surface area contributed by atoms with E-state index < -0.39 is 6.03 Å². The van der Waals surface area contributed by atoms with Gasteiger partial charge in [-0.05, 0) is 36.6 Å². The molecule has 0 unspecified atom stereocenters. The molecular weight excluding hydrogens is 400 g/mol. The minimum Gasteiger partial charge on any atom is -0.395 e. The van der Waals surface area contributed by atoms with Crippen LogP contribution in [-0.2, 0) is 6.54 Å². The zero-order valence-corrected chi connectivity index (χ0v) is 17.8. The third kappa shape index (κ3) is 6.58. The van der Waals surface area contributed by atoms with Gasteiger partial charge in [-0.15, -0.1) is 11.3 Å². The zero-order chi connectivity index (χ0) is 21.3. The quantitative estimate of drug-likeness (QED) is 0.415. The molecule has 3 heterocycles. The molecule has 0 bridgehead atoms. The summed E-state index contributed by atoms with van der Waals surface area (Å²) < 4.78 is 0. The second-order valence-electron chi connectivity index (χ2n) is 7.26. The topological polar surface area (TPSA) is 112 Å². The Morgan fingerprint density at radius 2 is 1.87 bits per heavy atom. The van der Waals surface area contributed by atoms with Gasteiger partial charge in [-0.25, -0.2) is 14.8 Å². The van der Waals surface area contributed by atoms with Crippen LogP contribution in [0.15, 0.2) is 48.1 Å². The van der Waals surface area contributed by atoms with Crippen LogP contribution in [0.1, 0.15) is 26.0 Å². The van der Waals surface area contributed by atoms with Gasteiger partial charge in [0.15, 0.2) is 0 Å². The molecule has 0 aliphatic carbocycles.